The number of carboxylic acids is 1. The largest absolute Gasteiger partial charge is 0.480 e. The van der Waals surface area contributed by atoms with E-state index in [1.165, 1.54) is 4.68 Å². The summed E-state index contributed by atoms with van der Waals surface area (Å²) in [5.74, 6) is -0.773. The fraction of sp³-hybridized carbons (Fsp3) is 0.667. The number of carboxylic acid groups (broad SMARTS) is 1. The first-order valence-electron chi connectivity index (χ1n) is 6.64. The highest BCUT2D eigenvalue weighted by molar-refractivity contribution is 5.84. The van der Waals surface area contributed by atoms with Crippen LogP contribution in [0.25, 0.3) is 0 Å². The molecule has 0 saturated heterocycles. The third-order valence-electron chi connectivity index (χ3n) is 3.80. The molecule has 0 aliphatic heterocycles. The van der Waals surface area contributed by atoms with E-state index in [-0.39, 0.29) is 17.2 Å². The maximum absolute atomic E-state index is 11.6. The molecule has 1 aromatic heterocycles. The van der Waals surface area contributed by atoms with Crippen molar-refractivity contribution in [3.63, 3.8) is 0 Å². The molecule has 1 heterocycles. The van der Waals surface area contributed by atoms with Gasteiger partial charge in [0.15, 0.2) is 0 Å². The molecule has 0 radical (unpaired) electrons. The highest BCUT2D eigenvalue weighted by Crippen LogP contribution is 2.37. The molecule has 0 unspecified atom stereocenters. The van der Waals surface area contributed by atoms with Crippen molar-refractivity contribution in [3.8, 4) is 0 Å². The van der Waals surface area contributed by atoms with Crippen molar-refractivity contribution in [3.05, 3.63) is 15.8 Å². The van der Waals surface area contributed by atoms with E-state index in [0.717, 1.165) is 12.8 Å². The molecule has 0 aromatic carbocycles. The highest BCUT2D eigenvalue weighted by Gasteiger charge is 2.44. The number of nitro groups is 1. The predicted octanol–water partition coefficient (Wildman–Crippen LogP) is 1.93. The van der Waals surface area contributed by atoms with Gasteiger partial charge in [-0.2, -0.15) is 5.10 Å². The number of anilines is 1. The first-order chi connectivity index (χ1) is 9.41. The SMILES string of the molecule is CCn1nc(C)c([N+](=O)[O-])c1NC1(C(=O)O)CCCC1. The molecular formula is C12H18N4O4. The second kappa shape index (κ2) is 5.10. The zero-order valence-corrected chi connectivity index (χ0v) is 11.5. The van der Waals surface area contributed by atoms with Crippen LogP contribution < -0.4 is 5.32 Å². The van der Waals surface area contributed by atoms with Crippen LogP contribution in [0.2, 0.25) is 0 Å². The third kappa shape index (κ3) is 2.21. The number of hydrogen-bond donors (Lipinski definition) is 2. The number of rotatable bonds is 5. The van der Waals surface area contributed by atoms with Crippen molar-refractivity contribution in [1.29, 1.82) is 0 Å². The van der Waals surface area contributed by atoms with Crippen molar-refractivity contribution in [1.82, 2.24) is 9.78 Å². The lowest BCUT2D eigenvalue weighted by Gasteiger charge is -2.26. The van der Waals surface area contributed by atoms with E-state index in [4.69, 9.17) is 0 Å². The lowest BCUT2D eigenvalue weighted by atomic mass is 9.98. The first kappa shape index (κ1) is 14.3. The van der Waals surface area contributed by atoms with Gasteiger partial charge in [0.2, 0.25) is 5.82 Å². The lowest BCUT2D eigenvalue weighted by Crippen LogP contribution is -2.44. The quantitative estimate of drug-likeness (QED) is 0.630. The van der Waals surface area contributed by atoms with Gasteiger partial charge in [0.1, 0.15) is 11.2 Å². The number of aryl methyl sites for hydroxylation is 2. The topological polar surface area (TPSA) is 110 Å². The molecule has 0 amide bonds. The van der Waals surface area contributed by atoms with E-state index in [9.17, 15) is 20.0 Å². The van der Waals surface area contributed by atoms with E-state index < -0.39 is 16.4 Å². The van der Waals surface area contributed by atoms with Crippen molar-refractivity contribution < 1.29 is 14.8 Å². The summed E-state index contributed by atoms with van der Waals surface area (Å²) in [5.41, 5.74) is -0.971. The Labute approximate surface area is 115 Å². The summed E-state index contributed by atoms with van der Waals surface area (Å²) in [6, 6.07) is 0. The molecular weight excluding hydrogens is 264 g/mol. The molecule has 20 heavy (non-hydrogen) atoms. The molecule has 0 atom stereocenters. The molecule has 1 fully saturated rings. The molecule has 1 aliphatic rings. The summed E-state index contributed by atoms with van der Waals surface area (Å²) in [7, 11) is 0. The molecule has 1 saturated carbocycles. The van der Waals surface area contributed by atoms with Crippen LogP contribution in [0.5, 0.6) is 0 Å². The van der Waals surface area contributed by atoms with Gasteiger partial charge in [-0.25, -0.2) is 9.48 Å². The maximum Gasteiger partial charge on any atom is 0.333 e. The third-order valence-corrected chi connectivity index (χ3v) is 3.80. The van der Waals surface area contributed by atoms with E-state index in [0.29, 0.717) is 19.4 Å². The zero-order valence-electron chi connectivity index (χ0n) is 11.5. The van der Waals surface area contributed by atoms with Gasteiger partial charge in [-0.3, -0.25) is 10.1 Å². The van der Waals surface area contributed by atoms with Crippen molar-refractivity contribution >= 4 is 17.5 Å². The highest BCUT2D eigenvalue weighted by atomic mass is 16.6. The van der Waals surface area contributed by atoms with E-state index >= 15 is 0 Å². The van der Waals surface area contributed by atoms with E-state index in [2.05, 4.69) is 10.4 Å². The number of hydrogen-bond acceptors (Lipinski definition) is 5. The standard InChI is InChI=1S/C12H18N4O4/c1-3-15-10(9(16(19)20)8(2)14-15)13-12(11(17)18)6-4-5-7-12/h13H,3-7H2,1-2H3,(H,17,18). The summed E-state index contributed by atoms with van der Waals surface area (Å²) in [6.07, 6.45) is 2.53. The fourth-order valence-electron chi connectivity index (χ4n) is 2.74. The average molecular weight is 282 g/mol. The predicted molar refractivity (Wildman–Crippen MR) is 71.7 cm³/mol. The van der Waals surface area contributed by atoms with Crippen LogP contribution in [0.15, 0.2) is 0 Å². The minimum Gasteiger partial charge on any atom is -0.480 e. The summed E-state index contributed by atoms with van der Waals surface area (Å²) in [6.45, 7) is 3.80. The Balaban J connectivity index is 2.46. The average Bonchev–Trinajstić information content (AvgIpc) is 2.95. The minimum atomic E-state index is -1.12. The Morgan fingerprint density at radius 1 is 1.55 bits per heavy atom. The van der Waals surface area contributed by atoms with Crippen LogP contribution in [0.4, 0.5) is 11.5 Å². The smallest absolute Gasteiger partial charge is 0.333 e. The minimum absolute atomic E-state index is 0.139. The van der Waals surface area contributed by atoms with Crippen LogP contribution >= 0.6 is 0 Å². The number of nitrogens with one attached hydrogen (secondary N) is 1. The Bertz CT molecular complexity index is 546. The summed E-state index contributed by atoms with van der Waals surface area (Å²) >= 11 is 0. The molecule has 8 nitrogen and oxygen atoms in total. The Hall–Kier alpha value is -2.12. The van der Waals surface area contributed by atoms with Crippen molar-refractivity contribution in [2.24, 2.45) is 0 Å². The lowest BCUT2D eigenvalue weighted by molar-refractivity contribution is -0.384. The van der Waals surface area contributed by atoms with Gasteiger partial charge in [0, 0.05) is 6.54 Å². The van der Waals surface area contributed by atoms with Gasteiger partial charge in [-0.1, -0.05) is 12.8 Å². The van der Waals surface area contributed by atoms with Crippen LogP contribution in [-0.4, -0.2) is 31.3 Å². The zero-order chi connectivity index (χ0) is 14.9. The molecule has 2 rings (SSSR count). The Morgan fingerprint density at radius 3 is 2.60 bits per heavy atom. The maximum atomic E-state index is 11.6. The van der Waals surface area contributed by atoms with Crippen LogP contribution in [0, 0.1) is 17.0 Å². The van der Waals surface area contributed by atoms with Gasteiger partial charge in [-0.05, 0) is 26.7 Å². The molecule has 8 heteroatoms. The number of carbonyl (C=O) groups is 1. The first-order valence-corrected chi connectivity index (χ1v) is 6.64. The second-order valence-electron chi connectivity index (χ2n) is 5.07. The van der Waals surface area contributed by atoms with Gasteiger partial charge in [0.05, 0.1) is 4.92 Å². The fourth-order valence-corrected chi connectivity index (χ4v) is 2.74. The van der Waals surface area contributed by atoms with Gasteiger partial charge in [0.25, 0.3) is 0 Å². The molecule has 2 N–H and O–H groups in total. The molecule has 1 aromatic rings. The monoisotopic (exact) mass is 282 g/mol. The summed E-state index contributed by atoms with van der Waals surface area (Å²) in [4.78, 5) is 22.2. The van der Waals surface area contributed by atoms with Crippen LogP contribution in [0.3, 0.4) is 0 Å². The Morgan fingerprint density at radius 2 is 2.15 bits per heavy atom. The normalized spacial score (nSPS) is 17.1. The molecule has 0 spiro atoms. The number of aliphatic carboxylic acids is 1. The van der Waals surface area contributed by atoms with Crippen molar-refractivity contribution in [2.75, 3.05) is 5.32 Å². The Kier molecular flexibility index (Phi) is 3.65. The van der Waals surface area contributed by atoms with E-state index in [1.54, 1.807) is 6.92 Å². The summed E-state index contributed by atoms with van der Waals surface area (Å²) < 4.78 is 1.45. The molecule has 1 aliphatic carbocycles. The molecule has 0 bridgehead atoms. The van der Waals surface area contributed by atoms with Gasteiger partial charge >= 0.3 is 11.7 Å². The molecule has 110 valence electrons. The van der Waals surface area contributed by atoms with Gasteiger partial charge < -0.3 is 10.4 Å². The number of nitrogens with zero attached hydrogens (tertiary/aromatic N) is 3. The van der Waals surface area contributed by atoms with Crippen molar-refractivity contribution in [2.45, 2.75) is 51.6 Å². The second-order valence-corrected chi connectivity index (χ2v) is 5.07. The summed E-state index contributed by atoms with van der Waals surface area (Å²) in [5, 5.41) is 27.7. The van der Waals surface area contributed by atoms with E-state index in [1.807, 2.05) is 6.92 Å². The van der Waals surface area contributed by atoms with Crippen LogP contribution in [-0.2, 0) is 11.3 Å². The number of aromatic nitrogens is 2. The van der Waals surface area contributed by atoms with Crippen LogP contribution in [0.1, 0.15) is 38.3 Å². The van der Waals surface area contributed by atoms with Gasteiger partial charge in [-0.15, -0.1) is 0 Å².